The molecule has 192 valence electrons. The molecule has 0 fully saturated rings. The fourth-order valence-corrected chi connectivity index (χ4v) is 4.54. The summed E-state index contributed by atoms with van der Waals surface area (Å²) in [7, 11) is 0. The van der Waals surface area contributed by atoms with Gasteiger partial charge in [0.25, 0.3) is 0 Å². The van der Waals surface area contributed by atoms with Gasteiger partial charge in [-0.1, -0.05) is 93.7 Å². The predicted molar refractivity (Wildman–Crippen MR) is 139 cm³/mol. The van der Waals surface area contributed by atoms with Crippen molar-refractivity contribution in [2.45, 2.75) is 111 Å². The number of unbranched alkanes of at least 4 members (excludes halogenated alkanes) is 1. The smallest absolute Gasteiger partial charge is 0.0953 e. The van der Waals surface area contributed by atoms with Crippen LogP contribution < -0.4 is 0 Å². The molecular formula is C29H52O4. The molecule has 0 saturated heterocycles. The lowest BCUT2D eigenvalue weighted by atomic mass is 9.69. The van der Waals surface area contributed by atoms with Gasteiger partial charge in [0.1, 0.15) is 0 Å². The van der Waals surface area contributed by atoms with Gasteiger partial charge in [0, 0.05) is 0 Å². The Kier molecular flexibility index (Phi) is 11.6. The maximum Gasteiger partial charge on any atom is 0.0953 e. The van der Waals surface area contributed by atoms with Gasteiger partial charge in [-0.05, 0) is 51.8 Å². The Morgan fingerprint density at radius 1 is 0.818 bits per heavy atom. The number of aliphatic hydroxyl groups is 3. The summed E-state index contributed by atoms with van der Waals surface area (Å²) in [5.74, 6) is 0.410. The first-order chi connectivity index (χ1) is 15.3. The van der Waals surface area contributed by atoms with Crippen LogP contribution in [0, 0.1) is 11.3 Å². The van der Waals surface area contributed by atoms with Crippen molar-refractivity contribution in [1.29, 1.82) is 0 Å². The number of aliphatic hydroxyl groups excluding tert-OH is 3. The molecule has 0 spiro atoms. The molecule has 2 atom stereocenters. The normalized spacial score (nSPS) is 15.0. The van der Waals surface area contributed by atoms with Gasteiger partial charge >= 0.3 is 0 Å². The number of ether oxygens (including phenoxy) is 1. The molecule has 3 N–H and O–H groups in total. The monoisotopic (exact) mass is 464 g/mol. The molecule has 4 nitrogen and oxygen atoms in total. The first-order valence-corrected chi connectivity index (χ1v) is 13.0. The average molecular weight is 465 g/mol. The van der Waals surface area contributed by atoms with E-state index in [-0.39, 0.29) is 30.7 Å². The van der Waals surface area contributed by atoms with Crippen LogP contribution in [0.5, 0.6) is 0 Å². The topological polar surface area (TPSA) is 69.9 Å². The molecule has 0 aliphatic carbocycles. The molecule has 4 heteroatoms. The summed E-state index contributed by atoms with van der Waals surface area (Å²) < 4.78 is 6.68. The molecule has 1 aromatic carbocycles. The minimum absolute atomic E-state index is 0.166. The molecule has 1 aromatic rings. The summed E-state index contributed by atoms with van der Waals surface area (Å²) >= 11 is 0. The van der Waals surface area contributed by atoms with E-state index in [4.69, 9.17) is 4.74 Å². The van der Waals surface area contributed by atoms with Crippen LogP contribution in [0.2, 0.25) is 0 Å². The van der Waals surface area contributed by atoms with E-state index in [9.17, 15) is 15.3 Å². The van der Waals surface area contributed by atoms with Crippen molar-refractivity contribution < 1.29 is 20.1 Å². The van der Waals surface area contributed by atoms with E-state index in [0.717, 1.165) is 48.8 Å². The predicted octanol–water partition coefficient (Wildman–Crippen LogP) is 6.08. The summed E-state index contributed by atoms with van der Waals surface area (Å²) in [5, 5.41) is 31.4. The molecule has 0 bridgehead atoms. The van der Waals surface area contributed by atoms with Crippen LogP contribution in [0.15, 0.2) is 12.1 Å². The highest BCUT2D eigenvalue weighted by Gasteiger charge is 2.44. The van der Waals surface area contributed by atoms with Gasteiger partial charge in [-0.25, -0.2) is 0 Å². The number of rotatable bonds is 13. The van der Waals surface area contributed by atoms with E-state index in [1.54, 1.807) is 0 Å². The molecule has 0 aliphatic heterocycles. The van der Waals surface area contributed by atoms with Crippen molar-refractivity contribution in [2.24, 2.45) is 11.3 Å². The third-order valence-electron chi connectivity index (χ3n) is 7.07. The maximum absolute atomic E-state index is 10.5. The number of benzene rings is 1. The Bertz CT molecular complexity index is 664. The third kappa shape index (κ3) is 7.52. The van der Waals surface area contributed by atoms with Crippen LogP contribution in [0.4, 0.5) is 0 Å². The van der Waals surface area contributed by atoms with E-state index in [0.29, 0.717) is 12.5 Å². The summed E-state index contributed by atoms with van der Waals surface area (Å²) in [6, 6.07) is 4.51. The van der Waals surface area contributed by atoms with Crippen molar-refractivity contribution in [3.8, 4) is 0 Å². The zero-order valence-electron chi connectivity index (χ0n) is 22.9. The van der Waals surface area contributed by atoms with Gasteiger partial charge in [0.05, 0.1) is 37.9 Å². The van der Waals surface area contributed by atoms with E-state index < -0.39 is 11.5 Å². The minimum Gasteiger partial charge on any atom is -0.395 e. The number of hydrogen-bond donors (Lipinski definition) is 3. The number of aryl methyl sites for hydroxylation is 1. The SMILES string of the molecule is CCCCC(CC)COC(c1c(C(C)(C)C)cc(CC)cc1C(C)(C)C)C(CO)(CO)CO. The lowest BCUT2D eigenvalue weighted by Crippen LogP contribution is -2.43. The standard InChI is InChI=1S/C29H52O4/c1-10-13-14-21(11-2)17-33-26(29(18-30,19-31)20-32)25-23(27(4,5)6)15-22(12-3)16-24(25)28(7,8)9/h15-16,21,26,30-32H,10-14,17-20H2,1-9H3. The fourth-order valence-electron chi connectivity index (χ4n) is 4.54. The zero-order valence-corrected chi connectivity index (χ0v) is 22.9. The van der Waals surface area contributed by atoms with E-state index in [1.807, 2.05) is 0 Å². The Morgan fingerprint density at radius 2 is 1.30 bits per heavy atom. The van der Waals surface area contributed by atoms with Gasteiger partial charge in [0.2, 0.25) is 0 Å². The maximum atomic E-state index is 10.5. The first kappa shape index (κ1) is 30.1. The van der Waals surface area contributed by atoms with Gasteiger partial charge < -0.3 is 20.1 Å². The van der Waals surface area contributed by atoms with Crippen molar-refractivity contribution in [3.63, 3.8) is 0 Å². The van der Waals surface area contributed by atoms with Gasteiger partial charge in [-0.3, -0.25) is 0 Å². The molecule has 2 unspecified atom stereocenters. The van der Waals surface area contributed by atoms with E-state index >= 15 is 0 Å². The Labute approximate surface area is 203 Å². The van der Waals surface area contributed by atoms with Crippen LogP contribution in [0.3, 0.4) is 0 Å². The molecule has 1 rings (SSSR count). The van der Waals surface area contributed by atoms with Crippen molar-refractivity contribution in [2.75, 3.05) is 26.4 Å². The molecule has 0 amide bonds. The summed E-state index contributed by atoms with van der Waals surface area (Å²) in [5.41, 5.74) is 3.12. The Hall–Kier alpha value is -0.940. The van der Waals surface area contributed by atoms with Crippen molar-refractivity contribution in [3.05, 3.63) is 34.4 Å². The molecule has 0 aliphatic rings. The summed E-state index contributed by atoms with van der Waals surface area (Å²) in [4.78, 5) is 0. The van der Waals surface area contributed by atoms with Crippen LogP contribution in [-0.4, -0.2) is 41.7 Å². The Balaban J connectivity index is 3.84. The lowest BCUT2D eigenvalue weighted by Gasteiger charge is -2.42. The van der Waals surface area contributed by atoms with Crippen molar-refractivity contribution in [1.82, 2.24) is 0 Å². The third-order valence-corrected chi connectivity index (χ3v) is 7.07. The van der Waals surface area contributed by atoms with Gasteiger partial charge in [-0.15, -0.1) is 0 Å². The second-order valence-corrected chi connectivity index (χ2v) is 11.9. The van der Waals surface area contributed by atoms with Gasteiger partial charge in [-0.2, -0.15) is 0 Å². The van der Waals surface area contributed by atoms with Gasteiger partial charge in [0.15, 0.2) is 0 Å². The minimum atomic E-state index is -1.17. The molecular weight excluding hydrogens is 412 g/mol. The van der Waals surface area contributed by atoms with E-state index in [1.165, 1.54) is 5.56 Å². The fraction of sp³-hybridized carbons (Fsp3) is 0.793. The first-order valence-electron chi connectivity index (χ1n) is 13.0. The summed E-state index contributed by atoms with van der Waals surface area (Å²) in [6.07, 6.45) is 4.74. The number of hydrogen-bond acceptors (Lipinski definition) is 4. The second kappa shape index (κ2) is 12.7. The van der Waals surface area contributed by atoms with Crippen LogP contribution in [0.1, 0.15) is 116 Å². The summed E-state index contributed by atoms with van der Waals surface area (Å²) in [6.45, 7) is 19.2. The highest BCUT2D eigenvalue weighted by molar-refractivity contribution is 5.48. The molecule has 0 aromatic heterocycles. The largest absolute Gasteiger partial charge is 0.395 e. The Morgan fingerprint density at radius 3 is 1.64 bits per heavy atom. The van der Waals surface area contributed by atoms with Crippen LogP contribution >= 0.6 is 0 Å². The van der Waals surface area contributed by atoms with E-state index in [2.05, 4.69) is 74.4 Å². The average Bonchev–Trinajstić information content (AvgIpc) is 2.77. The van der Waals surface area contributed by atoms with Crippen molar-refractivity contribution >= 4 is 0 Å². The molecule has 0 radical (unpaired) electrons. The zero-order chi connectivity index (χ0) is 25.4. The quantitative estimate of drug-likeness (QED) is 0.331. The molecule has 0 heterocycles. The molecule has 33 heavy (non-hydrogen) atoms. The highest BCUT2D eigenvalue weighted by atomic mass is 16.5. The lowest BCUT2D eigenvalue weighted by molar-refractivity contribution is -0.124. The second-order valence-electron chi connectivity index (χ2n) is 11.9. The van der Waals surface area contributed by atoms with Crippen LogP contribution in [-0.2, 0) is 22.0 Å². The highest BCUT2D eigenvalue weighted by Crippen LogP contribution is 2.46. The molecule has 0 saturated carbocycles. The van der Waals surface area contributed by atoms with Crippen LogP contribution in [0.25, 0.3) is 0 Å².